The lowest BCUT2D eigenvalue weighted by atomic mass is 9.94. The lowest BCUT2D eigenvalue weighted by molar-refractivity contribution is -0.139. The molecule has 28 heavy (non-hydrogen) atoms. The Hall–Kier alpha value is -2.95. The number of carbonyl (C=O) groups excluding carboxylic acids is 2. The standard InChI is InChI=1S/C23H24FNO3/c1-4-5-12-25-20(16-8-10-18(24)11-9-16)19(22(27)23(25)28)21(26)17-7-6-14(2)15(3)13-17/h6-11,13,20,26H,4-5,12H2,1-3H3/b21-19-. The molecule has 1 unspecified atom stereocenters. The van der Waals surface area contributed by atoms with Crippen molar-refractivity contribution in [1.29, 1.82) is 0 Å². The minimum Gasteiger partial charge on any atom is -0.507 e. The van der Waals surface area contributed by atoms with Gasteiger partial charge in [0, 0.05) is 12.1 Å². The van der Waals surface area contributed by atoms with Gasteiger partial charge in [-0.1, -0.05) is 37.6 Å². The summed E-state index contributed by atoms with van der Waals surface area (Å²) in [7, 11) is 0. The lowest BCUT2D eigenvalue weighted by Gasteiger charge is -2.25. The van der Waals surface area contributed by atoms with Crippen LogP contribution in [0.1, 0.15) is 48.1 Å². The summed E-state index contributed by atoms with van der Waals surface area (Å²) in [5.41, 5.74) is 3.18. The van der Waals surface area contributed by atoms with Gasteiger partial charge in [0.25, 0.3) is 11.7 Å². The molecule has 1 fully saturated rings. The molecule has 2 aromatic carbocycles. The number of amides is 1. The zero-order valence-corrected chi connectivity index (χ0v) is 16.3. The third-order valence-corrected chi connectivity index (χ3v) is 5.26. The minimum atomic E-state index is -0.728. The smallest absolute Gasteiger partial charge is 0.295 e. The summed E-state index contributed by atoms with van der Waals surface area (Å²) < 4.78 is 13.4. The minimum absolute atomic E-state index is 0.0518. The molecule has 5 heteroatoms. The fourth-order valence-corrected chi connectivity index (χ4v) is 3.47. The van der Waals surface area contributed by atoms with E-state index in [9.17, 15) is 19.1 Å². The number of hydrogen-bond donors (Lipinski definition) is 1. The van der Waals surface area contributed by atoms with Crippen molar-refractivity contribution in [3.05, 3.63) is 76.1 Å². The van der Waals surface area contributed by atoms with E-state index in [2.05, 4.69) is 0 Å². The van der Waals surface area contributed by atoms with Gasteiger partial charge in [-0.05, 0) is 55.2 Å². The third kappa shape index (κ3) is 3.57. The van der Waals surface area contributed by atoms with Crippen molar-refractivity contribution in [2.24, 2.45) is 0 Å². The summed E-state index contributed by atoms with van der Waals surface area (Å²) in [6, 6.07) is 10.4. The molecule has 0 aliphatic carbocycles. The maximum Gasteiger partial charge on any atom is 0.295 e. The number of aryl methyl sites for hydroxylation is 2. The van der Waals surface area contributed by atoms with Crippen LogP contribution in [0, 0.1) is 19.7 Å². The fourth-order valence-electron chi connectivity index (χ4n) is 3.47. The van der Waals surface area contributed by atoms with Gasteiger partial charge in [0.05, 0.1) is 11.6 Å². The highest BCUT2D eigenvalue weighted by molar-refractivity contribution is 6.46. The average molecular weight is 381 g/mol. The number of ketones is 1. The maximum atomic E-state index is 13.4. The quantitative estimate of drug-likeness (QED) is 0.465. The van der Waals surface area contributed by atoms with E-state index < -0.39 is 23.5 Å². The molecule has 0 bridgehead atoms. The van der Waals surface area contributed by atoms with E-state index in [0.29, 0.717) is 17.7 Å². The monoisotopic (exact) mass is 381 g/mol. The second kappa shape index (κ2) is 7.97. The third-order valence-electron chi connectivity index (χ3n) is 5.26. The van der Waals surface area contributed by atoms with E-state index in [1.54, 1.807) is 24.3 Å². The average Bonchev–Trinajstić information content (AvgIpc) is 2.93. The Balaban J connectivity index is 2.17. The van der Waals surface area contributed by atoms with Crippen molar-refractivity contribution >= 4 is 17.4 Å². The molecule has 4 nitrogen and oxygen atoms in total. The topological polar surface area (TPSA) is 57.6 Å². The number of hydrogen-bond acceptors (Lipinski definition) is 3. The SMILES string of the molecule is CCCCN1C(=O)C(=O)/C(=C(\O)c2ccc(C)c(C)c2)C1c1ccc(F)cc1. The highest BCUT2D eigenvalue weighted by Gasteiger charge is 2.45. The maximum absolute atomic E-state index is 13.4. The molecule has 3 rings (SSSR count). The molecule has 1 atom stereocenters. The van der Waals surface area contributed by atoms with Crippen molar-refractivity contribution in [3.63, 3.8) is 0 Å². The highest BCUT2D eigenvalue weighted by atomic mass is 19.1. The van der Waals surface area contributed by atoms with Crippen LogP contribution in [0.25, 0.3) is 5.76 Å². The molecule has 1 aliphatic rings. The first-order valence-electron chi connectivity index (χ1n) is 9.46. The van der Waals surface area contributed by atoms with Crippen molar-refractivity contribution in [3.8, 4) is 0 Å². The number of likely N-dealkylation sites (tertiary alicyclic amines) is 1. The Morgan fingerprint density at radius 3 is 2.36 bits per heavy atom. The van der Waals surface area contributed by atoms with Crippen LogP contribution >= 0.6 is 0 Å². The van der Waals surface area contributed by atoms with E-state index in [1.807, 2.05) is 26.8 Å². The van der Waals surface area contributed by atoms with Gasteiger partial charge in [-0.25, -0.2) is 4.39 Å². The first-order chi connectivity index (χ1) is 13.3. The summed E-state index contributed by atoms with van der Waals surface area (Å²) in [6.07, 6.45) is 1.59. The molecule has 1 aliphatic heterocycles. The van der Waals surface area contributed by atoms with Gasteiger partial charge in [0.15, 0.2) is 0 Å². The summed E-state index contributed by atoms with van der Waals surface area (Å²) in [4.78, 5) is 27.0. The number of aliphatic hydroxyl groups is 1. The molecule has 0 saturated carbocycles. The highest BCUT2D eigenvalue weighted by Crippen LogP contribution is 2.39. The van der Waals surface area contributed by atoms with Crippen molar-refractivity contribution in [1.82, 2.24) is 4.90 Å². The van der Waals surface area contributed by atoms with E-state index >= 15 is 0 Å². The van der Waals surface area contributed by atoms with Gasteiger partial charge in [-0.15, -0.1) is 0 Å². The number of carbonyl (C=O) groups is 2. The van der Waals surface area contributed by atoms with Crippen molar-refractivity contribution in [2.75, 3.05) is 6.54 Å². The predicted octanol–water partition coefficient (Wildman–Crippen LogP) is 4.66. The van der Waals surface area contributed by atoms with Crippen LogP contribution in [0.15, 0.2) is 48.0 Å². The molecule has 1 heterocycles. The molecule has 0 spiro atoms. The first-order valence-corrected chi connectivity index (χ1v) is 9.46. The zero-order chi connectivity index (χ0) is 20.4. The van der Waals surface area contributed by atoms with Gasteiger partial charge < -0.3 is 10.0 Å². The largest absolute Gasteiger partial charge is 0.507 e. The van der Waals surface area contributed by atoms with E-state index in [-0.39, 0.29) is 11.3 Å². The number of nitrogens with zero attached hydrogens (tertiary/aromatic N) is 1. The molecular weight excluding hydrogens is 357 g/mol. The summed E-state index contributed by atoms with van der Waals surface area (Å²) in [6.45, 7) is 6.27. The molecule has 0 aromatic heterocycles. The van der Waals surface area contributed by atoms with Crippen molar-refractivity contribution in [2.45, 2.75) is 39.7 Å². The van der Waals surface area contributed by atoms with Crippen molar-refractivity contribution < 1.29 is 19.1 Å². The Morgan fingerprint density at radius 2 is 1.75 bits per heavy atom. The van der Waals surface area contributed by atoms with Gasteiger partial charge in [-0.2, -0.15) is 0 Å². The Morgan fingerprint density at radius 1 is 1.07 bits per heavy atom. The number of unbranched alkanes of at least 4 members (excludes halogenated alkanes) is 1. The van der Waals surface area contributed by atoms with Crippen LogP contribution in [-0.4, -0.2) is 28.2 Å². The number of benzene rings is 2. The van der Waals surface area contributed by atoms with Crippen LogP contribution in [0.2, 0.25) is 0 Å². The second-order valence-corrected chi connectivity index (χ2v) is 7.20. The zero-order valence-electron chi connectivity index (χ0n) is 16.3. The molecule has 2 aromatic rings. The normalized spacial score (nSPS) is 18.7. The molecular formula is C23H24FNO3. The lowest BCUT2D eigenvalue weighted by Crippen LogP contribution is -2.30. The van der Waals surface area contributed by atoms with Crippen LogP contribution in [0.4, 0.5) is 4.39 Å². The summed E-state index contributed by atoms with van der Waals surface area (Å²) in [5, 5.41) is 11.0. The second-order valence-electron chi connectivity index (χ2n) is 7.20. The number of rotatable bonds is 5. The number of Topliss-reactive ketones (excluding diaryl/α,β-unsaturated/α-hetero) is 1. The summed E-state index contributed by atoms with van der Waals surface area (Å²) >= 11 is 0. The number of halogens is 1. The van der Waals surface area contributed by atoms with Crippen LogP contribution < -0.4 is 0 Å². The Kier molecular flexibility index (Phi) is 5.63. The Labute approximate surface area is 164 Å². The van der Waals surface area contributed by atoms with E-state index in [0.717, 1.165) is 24.0 Å². The molecule has 146 valence electrons. The Bertz CT molecular complexity index is 947. The van der Waals surface area contributed by atoms with Crippen LogP contribution in [0.3, 0.4) is 0 Å². The first kappa shape index (κ1) is 19.8. The van der Waals surface area contributed by atoms with Gasteiger partial charge in [0.1, 0.15) is 11.6 Å². The van der Waals surface area contributed by atoms with E-state index in [4.69, 9.17) is 0 Å². The van der Waals surface area contributed by atoms with Gasteiger partial charge in [0.2, 0.25) is 0 Å². The van der Waals surface area contributed by atoms with E-state index in [1.165, 1.54) is 17.0 Å². The van der Waals surface area contributed by atoms with Crippen LogP contribution in [-0.2, 0) is 9.59 Å². The van der Waals surface area contributed by atoms with Crippen LogP contribution in [0.5, 0.6) is 0 Å². The predicted molar refractivity (Wildman–Crippen MR) is 106 cm³/mol. The number of aliphatic hydroxyl groups excluding tert-OH is 1. The fraction of sp³-hybridized carbons (Fsp3) is 0.304. The van der Waals surface area contributed by atoms with Gasteiger partial charge in [-0.3, -0.25) is 9.59 Å². The van der Waals surface area contributed by atoms with Gasteiger partial charge >= 0.3 is 0 Å². The molecule has 1 N–H and O–H groups in total. The summed E-state index contributed by atoms with van der Waals surface area (Å²) in [5.74, 6) is -1.94. The molecule has 1 amide bonds. The molecule has 1 saturated heterocycles. The molecule has 0 radical (unpaired) electrons.